The van der Waals surface area contributed by atoms with Gasteiger partial charge < -0.3 is 4.74 Å². The second kappa shape index (κ2) is 6.24. The van der Waals surface area contributed by atoms with Gasteiger partial charge in [-0.3, -0.25) is 14.5 Å². The third-order valence-corrected chi connectivity index (χ3v) is 4.30. The van der Waals surface area contributed by atoms with Gasteiger partial charge in [-0.2, -0.15) is 0 Å². The number of Topliss-reactive ketones (excluding diaryl/α,β-unsaturated/α-hetero) is 1. The number of hydrogen-bond acceptors (Lipinski definition) is 5. The molecule has 7 nitrogen and oxygen atoms in total. The minimum absolute atomic E-state index is 0.123. The van der Waals surface area contributed by atoms with Gasteiger partial charge in [0.1, 0.15) is 5.78 Å². The molecule has 0 aromatic rings. The third kappa shape index (κ3) is 3.11. The molecule has 0 unspecified atom stereocenters. The zero-order chi connectivity index (χ0) is 14.6. The van der Waals surface area contributed by atoms with Crippen LogP contribution in [-0.2, 0) is 14.3 Å². The SMILES string of the molecule is CCOC(=O)CN1C[C@@H](N=[N+]=[N-])CC12CCC(=O)CC2. The van der Waals surface area contributed by atoms with Gasteiger partial charge in [-0.1, -0.05) is 5.11 Å². The van der Waals surface area contributed by atoms with Crippen molar-refractivity contribution in [2.45, 2.75) is 50.6 Å². The summed E-state index contributed by atoms with van der Waals surface area (Å²) in [4.78, 5) is 28.1. The van der Waals surface area contributed by atoms with Crippen LogP contribution in [-0.4, -0.2) is 47.9 Å². The van der Waals surface area contributed by atoms with E-state index < -0.39 is 0 Å². The number of ketones is 1. The summed E-state index contributed by atoms with van der Waals surface area (Å²) < 4.78 is 5.00. The Morgan fingerprint density at radius 2 is 2.25 bits per heavy atom. The molecule has 1 saturated heterocycles. The quantitative estimate of drug-likeness (QED) is 0.339. The molecule has 0 aromatic carbocycles. The van der Waals surface area contributed by atoms with E-state index in [2.05, 4.69) is 14.9 Å². The van der Waals surface area contributed by atoms with Crippen LogP contribution in [0.4, 0.5) is 0 Å². The molecule has 1 aliphatic heterocycles. The van der Waals surface area contributed by atoms with Crippen molar-refractivity contribution >= 4 is 11.8 Å². The predicted molar refractivity (Wildman–Crippen MR) is 72.0 cm³/mol. The van der Waals surface area contributed by atoms with Crippen LogP contribution in [0.25, 0.3) is 10.4 Å². The molecule has 20 heavy (non-hydrogen) atoms. The van der Waals surface area contributed by atoms with Crippen LogP contribution in [0.2, 0.25) is 0 Å². The molecule has 1 aliphatic carbocycles. The van der Waals surface area contributed by atoms with E-state index in [1.807, 2.05) is 0 Å². The summed E-state index contributed by atoms with van der Waals surface area (Å²) in [7, 11) is 0. The second-order valence-electron chi connectivity index (χ2n) is 5.51. The summed E-state index contributed by atoms with van der Waals surface area (Å²) in [6.07, 6.45) is 3.29. The highest BCUT2D eigenvalue weighted by molar-refractivity contribution is 5.79. The van der Waals surface area contributed by atoms with Crippen LogP contribution < -0.4 is 0 Å². The Bertz CT molecular complexity index is 435. The summed E-state index contributed by atoms with van der Waals surface area (Å²) in [6, 6.07) is -0.123. The van der Waals surface area contributed by atoms with E-state index in [0.29, 0.717) is 26.0 Å². The topological polar surface area (TPSA) is 95.4 Å². The fourth-order valence-corrected chi connectivity index (χ4v) is 3.34. The molecule has 0 amide bonds. The molecular formula is C13H20N4O3. The maximum atomic E-state index is 11.7. The van der Waals surface area contributed by atoms with Gasteiger partial charge in [0, 0.05) is 29.8 Å². The number of ether oxygens (including phenoxy) is 1. The van der Waals surface area contributed by atoms with Gasteiger partial charge in [0.2, 0.25) is 0 Å². The fourth-order valence-electron chi connectivity index (χ4n) is 3.34. The molecule has 0 aromatic heterocycles. The first-order valence-electron chi connectivity index (χ1n) is 7.06. The molecule has 7 heteroatoms. The normalized spacial score (nSPS) is 25.4. The number of nitrogens with zero attached hydrogens (tertiary/aromatic N) is 4. The monoisotopic (exact) mass is 280 g/mol. The number of likely N-dealkylation sites (tertiary alicyclic amines) is 1. The van der Waals surface area contributed by atoms with E-state index in [9.17, 15) is 9.59 Å². The van der Waals surface area contributed by atoms with Crippen LogP contribution >= 0.6 is 0 Å². The highest BCUT2D eigenvalue weighted by atomic mass is 16.5. The van der Waals surface area contributed by atoms with Crippen LogP contribution in [0.15, 0.2) is 5.11 Å². The van der Waals surface area contributed by atoms with Gasteiger partial charge in [0.25, 0.3) is 0 Å². The van der Waals surface area contributed by atoms with Crippen molar-refractivity contribution in [3.8, 4) is 0 Å². The average molecular weight is 280 g/mol. The Hall–Kier alpha value is -1.59. The smallest absolute Gasteiger partial charge is 0.320 e. The first-order valence-corrected chi connectivity index (χ1v) is 7.06. The zero-order valence-corrected chi connectivity index (χ0v) is 11.7. The van der Waals surface area contributed by atoms with Crippen LogP contribution in [0.1, 0.15) is 39.0 Å². The van der Waals surface area contributed by atoms with E-state index in [1.54, 1.807) is 6.92 Å². The summed E-state index contributed by atoms with van der Waals surface area (Å²) in [6.45, 7) is 2.91. The van der Waals surface area contributed by atoms with Crippen LogP contribution in [0, 0.1) is 0 Å². The molecular weight excluding hydrogens is 260 g/mol. The molecule has 0 N–H and O–H groups in total. The Labute approximate surface area is 117 Å². The van der Waals surface area contributed by atoms with Crippen molar-refractivity contribution < 1.29 is 14.3 Å². The first kappa shape index (κ1) is 14.8. The van der Waals surface area contributed by atoms with E-state index in [0.717, 1.165) is 19.3 Å². The lowest BCUT2D eigenvalue weighted by Gasteiger charge is -2.40. The van der Waals surface area contributed by atoms with Gasteiger partial charge in [-0.25, -0.2) is 0 Å². The third-order valence-electron chi connectivity index (χ3n) is 4.30. The van der Waals surface area contributed by atoms with Crippen molar-refractivity contribution in [3.05, 3.63) is 10.4 Å². The number of hydrogen-bond donors (Lipinski definition) is 0. The first-order chi connectivity index (χ1) is 9.59. The van der Waals surface area contributed by atoms with Crippen molar-refractivity contribution in [1.82, 2.24) is 4.90 Å². The second-order valence-corrected chi connectivity index (χ2v) is 5.51. The highest BCUT2D eigenvalue weighted by Gasteiger charge is 2.47. The lowest BCUT2D eigenvalue weighted by atomic mass is 9.78. The maximum absolute atomic E-state index is 11.7. The minimum Gasteiger partial charge on any atom is -0.465 e. The van der Waals surface area contributed by atoms with Crippen molar-refractivity contribution in [2.75, 3.05) is 19.7 Å². The molecule has 0 radical (unpaired) electrons. The Kier molecular flexibility index (Phi) is 4.62. The summed E-state index contributed by atoms with van der Waals surface area (Å²) in [5, 5.41) is 3.80. The van der Waals surface area contributed by atoms with Crippen molar-refractivity contribution in [1.29, 1.82) is 0 Å². The molecule has 1 saturated carbocycles. The van der Waals surface area contributed by atoms with E-state index in [4.69, 9.17) is 10.3 Å². The van der Waals surface area contributed by atoms with Crippen LogP contribution in [0.5, 0.6) is 0 Å². The summed E-state index contributed by atoms with van der Waals surface area (Å²) in [5.41, 5.74) is 8.42. The van der Waals surface area contributed by atoms with Gasteiger partial charge in [-0.05, 0) is 31.7 Å². The number of esters is 1. The largest absolute Gasteiger partial charge is 0.465 e. The average Bonchev–Trinajstić information content (AvgIpc) is 2.72. The number of carbonyl (C=O) groups excluding carboxylic acids is 2. The Balaban J connectivity index is 2.10. The molecule has 1 spiro atoms. The highest BCUT2D eigenvalue weighted by Crippen LogP contribution is 2.41. The summed E-state index contributed by atoms with van der Waals surface area (Å²) >= 11 is 0. The molecule has 2 rings (SSSR count). The molecule has 110 valence electrons. The van der Waals surface area contributed by atoms with Gasteiger partial charge in [0.05, 0.1) is 19.2 Å². The molecule has 2 fully saturated rings. The van der Waals surface area contributed by atoms with Crippen LogP contribution in [0.3, 0.4) is 0 Å². The fraction of sp³-hybridized carbons (Fsp3) is 0.846. The van der Waals surface area contributed by atoms with Crippen molar-refractivity contribution in [2.24, 2.45) is 5.11 Å². The lowest BCUT2D eigenvalue weighted by molar-refractivity contribution is -0.146. The molecule has 2 aliphatic rings. The maximum Gasteiger partial charge on any atom is 0.320 e. The minimum atomic E-state index is -0.259. The van der Waals surface area contributed by atoms with Gasteiger partial charge in [0.15, 0.2) is 0 Å². The van der Waals surface area contributed by atoms with E-state index in [-0.39, 0.29) is 29.9 Å². The Morgan fingerprint density at radius 1 is 1.55 bits per heavy atom. The predicted octanol–water partition coefficient (Wildman–Crippen LogP) is 1.82. The number of carbonyl (C=O) groups is 2. The molecule has 0 bridgehead atoms. The lowest BCUT2D eigenvalue weighted by Crippen LogP contribution is -2.48. The standard InChI is InChI=1S/C13H20N4O3/c1-2-20-12(19)9-17-8-10(15-16-14)7-13(17)5-3-11(18)4-6-13/h10H,2-9H2,1H3/t10-/m0/s1. The molecule has 1 atom stereocenters. The van der Waals surface area contributed by atoms with Gasteiger partial charge >= 0.3 is 5.97 Å². The zero-order valence-electron chi connectivity index (χ0n) is 11.7. The van der Waals surface area contributed by atoms with E-state index >= 15 is 0 Å². The number of rotatable bonds is 4. The van der Waals surface area contributed by atoms with Crippen molar-refractivity contribution in [3.63, 3.8) is 0 Å². The number of azide groups is 1. The summed E-state index contributed by atoms with van der Waals surface area (Å²) in [5.74, 6) is 0.0179. The molecule has 1 heterocycles. The Morgan fingerprint density at radius 3 is 2.85 bits per heavy atom. The van der Waals surface area contributed by atoms with E-state index in [1.165, 1.54) is 0 Å². The van der Waals surface area contributed by atoms with Gasteiger partial charge in [-0.15, -0.1) is 0 Å².